The number of carbonyl (C=O) groups excluding carboxylic acids is 1. The average molecular weight is 230 g/mol. The maximum Gasteiger partial charge on any atom is 0.233 e. The molecule has 0 heterocycles. The summed E-state index contributed by atoms with van der Waals surface area (Å²) in [7, 11) is 0. The molecule has 1 atom stereocenters. The third-order valence-corrected chi connectivity index (χ3v) is 2.79. The fourth-order valence-electron chi connectivity index (χ4n) is 1.02. The van der Waals surface area contributed by atoms with E-state index < -0.39 is 11.6 Å². The third kappa shape index (κ3) is 6.80. The van der Waals surface area contributed by atoms with Crippen LogP contribution < -0.4 is 10.6 Å². The van der Waals surface area contributed by atoms with Gasteiger partial charge in [-0.3, -0.25) is 4.79 Å². The summed E-state index contributed by atoms with van der Waals surface area (Å²) in [5.41, 5.74) is -0.435. The molecule has 0 saturated heterocycles. The van der Waals surface area contributed by atoms with E-state index >= 15 is 0 Å². The molecule has 0 rings (SSSR count). The number of carbonyl (C=O) groups is 1. The molecule has 0 spiro atoms. The average Bonchev–Trinajstić information content (AvgIpc) is 2.14. The smallest absolute Gasteiger partial charge is 0.233 e. The van der Waals surface area contributed by atoms with Gasteiger partial charge in [-0.2, -0.15) is 0 Å². The van der Waals surface area contributed by atoms with E-state index in [0.29, 0.717) is 12.5 Å². The van der Waals surface area contributed by atoms with Gasteiger partial charge in [-0.05, 0) is 33.1 Å². The van der Waals surface area contributed by atoms with Gasteiger partial charge in [0, 0.05) is 12.1 Å². The van der Waals surface area contributed by atoms with Gasteiger partial charge in [0.2, 0.25) is 5.91 Å². The normalized spacial score (nSPS) is 13.9. The Morgan fingerprint density at radius 3 is 2.31 bits per heavy atom. The van der Waals surface area contributed by atoms with E-state index in [1.54, 1.807) is 6.92 Å². The number of hydrogen-bond donors (Lipinski definition) is 3. The van der Waals surface area contributed by atoms with Gasteiger partial charge in [0.1, 0.15) is 0 Å². The molecule has 1 unspecified atom stereocenters. The van der Waals surface area contributed by atoms with Crippen LogP contribution in [-0.4, -0.2) is 35.7 Å². The zero-order valence-corrected chi connectivity index (χ0v) is 11.1. The van der Waals surface area contributed by atoms with Gasteiger partial charge < -0.3 is 15.7 Å². The van der Waals surface area contributed by atoms with Gasteiger partial charge in [-0.15, -0.1) is 0 Å². The van der Waals surface area contributed by atoms with Crippen molar-refractivity contribution < 1.29 is 9.90 Å². The Morgan fingerprint density at radius 1 is 1.31 bits per heavy atom. The highest BCUT2D eigenvalue weighted by Crippen LogP contribution is 2.07. The molecule has 0 aromatic rings. The molecule has 0 aliphatic heterocycles. The second-order valence-corrected chi connectivity index (χ2v) is 5.28. The topological polar surface area (TPSA) is 61.4 Å². The first-order valence-electron chi connectivity index (χ1n) is 5.95. The molecule has 0 fully saturated rings. The van der Waals surface area contributed by atoms with Gasteiger partial charge in [-0.25, -0.2) is 0 Å². The molecule has 3 N–H and O–H groups in total. The standard InChI is InChI=1S/C12H26N2O2/c1-9(2)6-7-13-11(16)8-14-12(4,5)10(3)15/h9-10,14-15H,6-8H2,1-5H3,(H,13,16). The van der Waals surface area contributed by atoms with Gasteiger partial charge in [0.25, 0.3) is 0 Å². The van der Waals surface area contributed by atoms with Crippen LogP contribution in [0.3, 0.4) is 0 Å². The van der Waals surface area contributed by atoms with Crippen molar-refractivity contribution in [3.05, 3.63) is 0 Å². The van der Waals surface area contributed by atoms with Crippen LogP contribution in [0.2, 0.25) is 0 Å². The van der Waals surface area contributed by atoms with Crippen LogP contribution in [0, 0.1) is 5.92 Å². The third-order valence-electron chi connectivity index (χ3n) is 2.79. The van der Waals surface area contributed by atoms with Crippen molar-refractivity contribution in [2.75, 3.05) is 13.1 Å². The molecule has 0 saturated carbocycles. The molecular weight excluding hydrogens is 204 g/mol. The summed E-state index contributed by atoms with van der Waals surface area (Å²) in [6, 6.07) is 0. The molecule has 0 radical (unpaired) electrons. The van der Waals surface area contributed by atoms with Crippen LogP contribution in [0.5, 0.6) is 0 Å². The van der Waals surface area contributed by atoms with Crippen LogP contribution in [0.4, 0.5) is 0 Å². The molecule has 0 aromatic carbocycles. The lowest BCUT2D eigenvalue weighted by Gasteiger charge is -2.29. The quantitative estimate of drug-likeness (QED) is 0.609. The summed E-state index contributed by atoms with van der Waals surface area (Å²) >= 11 is 0. The number of nitrogens with one attached hydrogen (secondary N) is 2. The van der Waals surface area contributed by atoms with Crippen LogP contribution in [-0.2, 0) is 4.79 Å². The van der Waals surface area contributed by atoms with Crippen molar-refractivity contribution in [3.63, 3.8) is 0 Å². The van der Waals surface area contributed by atoms with Crippen molar-refractivity contribution in [2.45, 2.75) is 52.7 Å². The highest BCUT2D eigenvalue weighted by molar-refractivity contribution is 5.78. The SMILES string of the molecule is CC(C)CCNC(=O)CNC(C)(C)C(C)O. The van der Waals surface area contributed by atoms with Gasteiger partial charge in [0.05, 0.1) is 12.6 Å². The number of amides is 1. The van der Waals surface area contributed by atoms with E-state index in [2.05, 4.69) is 24.5 Å². The molecule has 0 aliphatic rings. The zero-order chi connectivity index (χ0) is 12.8. The summed E-state index contributed by atoms with van der Waals surface area (Å²) in [6.07, 6.45) is 0.502. The van der Waals surface area contributed by atoms with E-state index in [1.165, 1.54) is 0 Å². The lowest BCUT2D eigenvalue weighted by molar-refractivity contribution is -0.120. The highest BCUT2D eigenvalue weighted by Gasteiger charge is 2.23. The first kappa shape index (κ1) is 15.4. The Labute approximate surface area is 98.8 Å². The van der Waals surface area contributed by atoms with Crippen LogP contribution >= 0.6 is 0 Å². The maximum atomic E-state index is 11.4. The predicted octanol–water partition coefficient (Wildman–Crippen LogP) is 0.898. The first-order valence-corrected chi connectivity index (χ1v) is 5.95. The predicted molar refractivity (Wildman–Crippen MR) is 66.2 cm³/mol. The Hall–Kier alpha value is -0.610. The molecular formula is C12H26N2O2. The van der Waals surface area contributed by atoms with Crippen molar-refractivity contribution in [1.82, 2.24) is 10.6 Å². The van der Waals surface area contributed by atoms with Gasteiger partial charge in [0.15, 0.2) is 0 Å². The lowest BCUT2D eigenvalue weighted by Crippen LogP contribution is -2.51. The van der Waals surface area contributed by atoms with Gasteiger partial charge in [-0.1, -0.05) is 13.8 Å². The molecule has 4 nitrogen and oxygen atoms in total. The van der Waals surface area contributed by atoms with Crippen LogP contribution in [0.15, 0.2) is 0 Å². The van der Waals surface area contributed by atoms with Gasteiger partial charge >= 0.3 is 0 Å². The largest absolute Gasteiger partial charge is 0.392 e. The summed E-state index contributed by atoms with van der Waals surface area (Å²) in [5.74, 6) is 0.580. The summed E-state index contributed by atoms with van der Waals surface area (Å²) in [6.45, 7) is 10.7. The second kappa shape index (κ2) is 6.86. The molecule has 96 valence electrons. The molecule has 0 aromatic heterocycles. The molecule has 4 heteroatoms. The zero-order valence-electron chi connectivity index (χ0n) is 11.1. The fourth-order valence-corrected chi connectivity index (χ4v) is 1.02. The summed E-state index contributed by atoms with van der Waals surface area (Å²) in [5, 5.41) is 15.3. The monoisotopic (exact) mass is 230 g/mol. The second-order valence-electron chi connectivity index (χ2n) is 5.28. The van der Waals surface area contributed by atoms with Crippen LogP contribution in [0.1, 0.15) is 41.0 Å². The van der Waals surface area contributed by atoms with E-state index in [0.717, 1.165) is 6.42 Å². The number of aliphatic hydroxyl groups is 1. The van der Waals surface area contributed by atoms with Crippen molar-refractivity contribution >= 4 is 5.91 Å². The number of hydrogen-bond acceptors (Lipinski definition) is 3. The Morgan fingerprint density at radius 2 is 1.88 bits per heavy atom. The van der Waals surface area contributed by atoms with Crippen molar-refractivity contribution in [2.24, 2.45) is 5.92 Å². The first-order chi connectivity index (χ1) is 7.25. The summed E-state index contributed by atoms with van der Waals surface area (Å²) in [4.78, 5) is 11.4. The summed E-state index contributed by atoms with van der Waals surface area (Å²) < 4.78 is 0. The van der Waals surface area contributed by atoms with E-state index in [4.69, 9.17) is 0 Å². The number of aliphatic hydroxyl groups excluding tert-OH is 1. The molecule has 0 bridgehead atoms. The number of rotatable bonds is 7. The Bertz CT molecular complexity index is 213. The maximum absolute atomic E-state index is 11.4. The minimum atomic E-state index is -0.490. The Kier molecular flexibility index (Phi) is 6.60. The van der Waals surface area contributed by atoms with E-state index in [9.17, 15) is 9.90 Å². The van der Waals surface area contributed by atoms with Crippen LogP contribution in [0.25, 0.3) is 0 Å². The lowest BCUT2D eigenvalue weighted by atomic mass is 9.99. The molecule has 0 aliphatic carbocycles. The Balaban J connectivity index is 3.73. The fraction of sp³-hybridized carbons (Fsp3) is 0.917. The molecule has 16 heavy (non-hydrogen) atoms. The minimum Gasteiger partial charge on any atom is -0.392 e. The van der Waals surface area contributed by atoms with Crippen molar-refractivity contribution in [1.29, 1.82) is 0 Å². The molecule has 1 amide bonds. The van der Waals surface area contributed by atoms with E-state index in [1.807, 2.05) is 13.8 Å². The minimum absolute atomic E-state index is 0.0191. The van der Waals surface area contributed by atoms with E-state index in [-0.39, 0.29) is 12.5 Å². The highest BCUT2D eigenvalue weighted by atomic mass is 16.3. The van der Waals surface area contributed by atoms with Crippen molar-refractivity contribution in [3.8, 4) is 0 Å².